The monoisotopic (exact) mass is 185 g/mol. The lowest BCUT2D eigenvalue weighted by Gasteiger charge is -2.01. The van der Waals surface area contributed by atoms with Gasteiger partial charge in [-0.25, -0.2) is 14.6 Å². The fourth-order valence-corrected chi connectivity index (χ4v) is 0.518. The first-order valence-electron chi connectivity index (χ1n) is 3.72. The van der Waals surface area contributed by atoms with Crippen LogP contribution < -0.4 is 0 Å². The molecular weight excluding hydrogens is 174 g/mol. The van der Waals surface area contributed by atoms with Gasteiger partial charge in [0.25, 0.3) is 0 Å². The molecule has 0 aromatic rings. The largest absolute Gasteiger partial charge is 0.460 e. The van der Waals surface area contributed by atoms with Gasteiger partial charge in [0.15, 0.2) is 0 Å². The van der Waals surface area contributed by atoms with E-state index in [-0.39, 0.29) is 19.8 Å². The number of hydrogen-bond donors (Lipinski definition) is 0. The molecule has 0 N–H and O–H groups in total. The third kappa shape index (κ3) is 8.46. The molecule has 0 unspecified atom stereocenters. The maximum absolute atomic E-state index is 10.5. The maximum Gasteiger partial charge on any atom is 0.330 e. The van der Waals surface area contributed by atoms with Crippen molar-refractivity contribution in [3.05, 3.63) is 12.7 Å². The second kappa shape index (κ2) is 8.64. The van der Waals surface area contributed by atoms with Crippen LogP contribution in [0.4, 0.5) is 0 Å². The van der Waals surface area contributed by atoms with E-state index in [9.17, 15) is 9.59 Å². The number of hydrogen-bond acceptors (Lipinski definition) is 5. The number of esters is 1. The van der Waals surface area contributed by atoms with Crippen LogP contribution in [0.3, 0.4) is 0 Å². The van der Waals surface area contributed by atoms with Crippen molar-refractivity contribution in [1.29, 1.82) is 0 Å². The van der Waals surface area contributed by atoms with Crippen LogP contribution in [0, 0.1) is 0 Å². The average molecular weight is 185 g/mol. The van der Waals surface area contributed by atoms with E-state index in [4.69, 9.17) is 4.74 Å². The Morgan fingerprint density at radius 1 is 1.46 bits per heavy atom. The zero-order valence-corrected chi connectivity index (χ0v) is 7.19. The van der Waals surface area contributed by atoms with Crippen molar-refractivity contribution in [3.63, 3.8) is 0 Å². The summed E-state index contributed by atoms with van der Waals surface area (Å²) >= 11 is 0. The molecular formula is C8H11NO4. The van der Waals surface area contributed by atoms with E-state index in [2.05, 4.69) is 16.3 Å². The van der Waals surface area contributed by atoms with Crippen molar-refractivity contribution in [2.24, 2.45) is 4.99 Å². The van der Waals surface area contributed by atoms with E-state index in [0.29, 0.717) is 6.61 Å². The van der Waals surface area contributed by atoms with Crippen LogP contribution in [0.25, 0.3) is 0 Å². The van der Waals surface area contributed by atoms with E-state index in [1.54, 1.807) is 0 Å². The number of nitrogens with zero attached hydrogens (tertiary/aromatic N) is 1. The van der Waals surface area contributed by atoms with Crippen LogP contribution >= 0.6 is 0 Å². The minimum absolute atomic E-state index is 0.176. The second-order valence-corrected chi connectivity index (χ2v) is 1.96. The number of isocyanates is 1. The molecule has 0 atom stereocenters. The highest BCUT2D eigenvalue weighted by atomic mass is 16.6. The van der Waals surface area contributed by atoms with Crippen LogP contribution in [0.15, 0.2) is 17.6 Å². The standard InChI is InChI=1S/C8H11NO4/c1-2-8(11)13-6-5-12-4-3-9-7-10/h2H,1,3-6H2. The predicted octanol–water partition coefficient (Wildman–Crippen LogP) is 0.0680. The first-order valence-corrected chi connectivity index (χ1v) is 3.72. The van der Waals surface area contributed by atoms with E-state index < -0.39 is 5.97 Å². The van der Waals surface area contributed by atoms with Gasteiger partial charge in [0, 0.05) is 6.08 Å². The molecule has 0 amide bonds. The van der Waals surface area contributed by atoms with Gasteiger partial charge in [0.05, 0.1) is 19.8 Å². The zero-order chi connectivity index (χ0) is 9.94. The van der Waals surface area contributed by atoms with E-state index in [1.807, 2.05) is 0 Å². The Bertz CT molecular complexity index is 208. The third-order valence-electron chi connectivity index (χ3n) is 1.05. The van der Waals surface area contributed by atoms with Crippen molar-refractivity contribution in [3.8, 4) is 0 Å². The van der Waals surface area contributed by atoms with Gasteiger partial charge in [-0.15, -0.1) is 0 Å². The quantitative estimate of drug-likeness (QED) is 0.185. The molecule has 0 heterocycles. The van der Waals surface area contributed by atoms with Crippen molar-refractivity contribution < 1.29 is 19.1 Å². The summed E-state index contributed by atoms with van der Waals surface area (Å²) in [6.45, 7) is 4.29. The third-order valence-corrected chi connectivity index (χ3v) is 1.05. The van der Waals surface area contributed by atoms with Crippen molar-refractivity contribution in [1.82, 2.24) is 0 Å². The molecule has 0 spiro atoms. The SMILES string of the molecule is C=CC(=O)OCCOCCN=C=O. The molecule has 0 aromatic heterocycles. The molecule has 0 aliphatic heterocycles. The summed E-state index contributed by atoms with van der Waals surface area (Å²) < 4.78 is 9.55. The molecule has 13 heavy (non-hydrogen) atoms. The van der Waals surface area contributed by atoms with Gasteiger partial charge in [-0.2, -0.15) is 0 Å². The lowest BCUT2D eigenvalue weighted by atomic mass is 10.6. The second-order valence-electron chi connectivity index (χ2n) is 1.96. The van der Waals surface area contributed by atoms with Gasteiger partial charge in [-0.1, -0.05) is 6.58 Å². The fourth-order valence-electron chi connectivity index (χ4n) is 0.518. The highest BCUT2D eigenvalue weighted by Gasteiger charge is 1.93. The summed E-state index contributed by atoms with van der Waals surface area (Å²) in [5.74, 6) is -0.477. The van der Waals surface area contributed by atoms with Crippen LogP contribution in [0.2, 0.25) is 0 Å². The highest BCUT2D eigenvalue weighted by Crippen LogP contribution is 1.81. The van der Waals surface area contributed by atoms with Crippen LogP contribution in [-0.2, 0) is 19.1 Å². The van der Waals surface area contributed by atoms with Crippen LogP contribution in [0.5, 0.6) is 0 Å². The van der Waals surface area contributed by atoms with Crippen molar-refractivity contribution in [2.75, 3.05) is 26.4 Å². The molecule has 5 heteroatoms. The summed E-state index contributed by atoms with van der Waals surface area (Å²) in [5, 5.41) is 0. The Morgan fingerprint density at radius 2 is 2.23 bits per heavy atom. The number of aliphatic imine (C=N–C) groups is 1. The molecule has 0 saturated carbocycles. The molecule has 5 nitrogen and oxygen atoms in total. The molecule has 0 aliphatic carbocycles. The number of ether oxygens (including phenoxy) is 2. The lowest BCUT2D eigenvalue weighted by Crippen LogP contribution is -2.09. The Labute approximate surface area is 76.0 Å². The highest BCUT2D eigenvalue weighted by molar-refractivity contribution is 5.81. The summed E-state index contributed by atoms with van der Waals surface area (Å²) in [7, 11) is 0. The molecule has 0 bridgehead atoms. The van der Waals surface area contributed by atoms with Gasteiger partial charge < -0.3 is 9.47 Å². The van der Waals surface area contributed by atoms with E-state index >= 15 is 0 Å². The van der Waals surface area contributed by atoms with Crippen molar-refractivity contribution >= 4 is 12.0 Å². The predicted molar refractivity (Wildman–Crippen MR) is 45.0 cm³/mol. The molecule has 0 aliphatic rings. The number of carbonyl (C=O) groups is 1. The minimum atomic E-state index is -0.477. The first kappa shape index (κ1) is 11.6. The Kier molecular flexibility index (Phi) is 7.68. The summed E-state index contributed by atoms with van der Waals surface area (Å²) in [4.78, 5) is 23.3. The lowest BCUT2D eigenvalue weighted by molar-refractivity contribution is -0.139. The molecule has 72 valence electrons. The molecule has 0 aromatic carbocycles. The molecule has 0 rings (SSSR count). The zero-order valence-electron chi connectivity index (χ0n) is 7.19. The first-order chi connectivity index (χ1) is 6.31. The van der Waals surface area contributed by atoms with E-state index in [1.165, 1.54) is 6.08 Å². The summed E-state index contributed by atoms with van der Waals surface area (Å²) in [6.07, 6.45) is 2.46. The van der Waals surface area contributed by atoms with Crippen LogP contribution in [-0.4, -0.2) is 38.4 Å². The van der Waals surface area contributed by atoms with Crippen molar-refractivity contribution in [2.45, 2.75) is 0 Å². The summed E-state index contributed by atoms with van der Waals surface area (Å²) in [6, 6.07) is 0. The van der Waals surface area contributed by atoms with Crippen LogP contribution in [0.1, 0.15) is 0 Å². The van der Waals surface area contributed by atoms with Gasteiger partial charge in [-0.05, 0) is 0 Å². The van der Waals surface area contributed by atoms with Gasteiger partial charge in [-0.3, -0.25) is 0 Å². The Morgan fingerprint density at radius 3 is 2.85 bits per heavy atom. The Hall–Kier alpha value is -1.45. The van der Waals surface area contributed by atoms with Gasteiger partial charge in [0.2, 0.25) is 6.08 Å². The Balaban J connectivity index is 3.12. The average Bonchev–Trinajstić information content (AvgIpc) is 2.16. The molecule has 0 saturated heterocycles. The minimum Gasteiger partial charge on any atom is -0.460 e. The number of rotatable bonds is 7. The fraction of sp³-hybridized carbons (Fsp3) is 0.500. The summed E-state index contributed by atoms with van der Waals surface area (Å²) in [5.41, 5.74) is 0. The van der Waals surface area contributed by atoms with Gasteiger partial charge >= 0.3 is 5.97 Å². The van der Waals surface area contributed by atoms with E-state index in [0.717, 1.165) is 6.08 Å². The van der Waals surface area contributed by atoms with Gasteiger partial charge in [0.1, 0.15) is 6.61 Å². The molecule has 0 fully saturated rings. The maximum atomic E-state index is 10.5. The molecule has 0 radical (unpaired) electrons. The topological polar surface area (TPSA) is 65.0 Å². The number of carbonyl (C=O) groups excluding carboxylic acids is 2. The normalized spacial score (nSPS) is 8.62. The smallest absolute Gasteiger partial charge is 0.330 e.